The molecule has 3 N–H and O–H groups in total. The summed E-state index contributed by atoms with van der Waals surface area (Å²) in [6, 6.07) is 7.08. The van der Waals surface area contributed by atoms with Gasteiger partial charge in [0.1, 0.15) is 6.04 Å². The van der Waals surface area contributed by atoms with Gasteiger partial charge in [0.2, 0.25) is 5.91 Å². The molecule has 0 radical (unpaired) electrons. The van der Waals surface area contributed by atoms with Crippen LogP contribution in [-0.2, 0) is 11.2 Å². The molecule has 2 rings (SSSR count). The van der Waals surface area contributed by atoms with E-state index < -0.39 is 6.04 Å². The maximum Gasteiger partial charge on any atom is 0.241 e. The van der Waals surface area contributed by atoms with Gasteiger partial charge in [0.25, 0.3) is 0 Å². The van der Waals surface area contributed by atoms with Crippen molar-refractivity contribution in [2.75, 3.05) is 6.54 Å². The van der Waals surface area contributed by atoms with E-state index in [0.717, 1.165) is 28.2 Å². The molecule has 0 bridgehead atoms. The number of nitrogens with zero attached hydrogens (tertiary/aromatic N) is 1. The van der Waals surface area contributed by atoms with Crippen molar-refractivity contribution < 1.29 is 4.79 Å². The van der Waals surface area contributed by atoms with Crippen molar-refractivity contribution in [2.45, 2.75) is 26.3 Å². The van der Waals surface area contributed by atoms with E-state index in [1.807, 2.05) is 43.5 Å². The lowest BCUT2D eigenvalue weighted by molar-refractivity contribution is -0.122. The van der Waals surface area contributed by atoms with E-state index in [2.05, 4.69) is 10.3 Å². The molecule has 1 aromatic heterocycles. The van der Waals surface area contributed by atoms with Crippen LogP contribution in [0.4, 0.5) is 0 Å². The Hall–Kier alpha value is -1.72. The van der Waals surface area contributed by atoms with Crippen molar-refractivity contribution in [1.29, 1.82) is 0 Å². The van der Waals surface area contributed by atoms with Crippen molar-refractivity contribution in [3.8, 4) is 0 Å². The zero-order valence-electron chi connectivity index (χ0n) is 11.7. The molecule has 0 aliphatic rings. The summed E-state index contributed by atoms with van der Waals surface area (Å²) in [5, 5.41) is 5.91. The van der Waals surface area contributed by atoms with E-state index in [4.69, 9.17) is 5.73 Å². The van der Waals surface area contributed by atoms with Gasteiger partial charge in [0.05, 0.1) is 10.7 Å². The van der Waals surface area contributed by atoms with E-state index in [1.54, 1.807) is 11.3 Å². The van der Waals surface area contributed by atoms with Crippen LogP contribution in [0.25, 0.3) is 0 Å². The van der Waals surface area contributed by atoms with E-state index in [-0.39, 0.29) is 5.91 Å². The molecule has 0 spiro atoms. The van der Waals surface area contributed by atoms with Crippen molar-refractivity contribution in [1.82, 2.24) is 10.3 Å². The third-order valence-electron chi connectivity index (χ3n) is 3.07. The van der Waals surface area contributed by atoms with Crippen molar-refractivity contribution in [3.63, 3.8) is 0 Å². The summed E-state index contributed by atoms with van der Waals surface area (Å²) in [5.41, 5.74) is 8.94. The van der Waals surface area contributed by atoms with Crippen LogP contribution in [0.5, 0.6) is 0 Å². The van der Waals surface area contributed by atoms with E-state index in [0.29, 0.717) is 6.54 Å². The lowest BCUT2D eigenvalue weighted by Gasteiger charge is -2.12. The summed E-state index contributed by atoms with van der Waals surface area (Å²) in [6.07, 6.45) is 0.733. The number of carbonyl (C=O) groups is 1. The number of hydrogen-bond donors (Lipinski definition) is 2. The molecule has 1 aromatic carbocycles. The minimum atomic E-state index is -0.618. The number of nitrogens with two attached hydrogens (primary N) is 1. The highest BCUT2D eigenvalue weighted by molar-refractivity contribution is 7.09. The monoisotopic (exact) mass is 289 g/mol. The molecule has 4 nitrogen and oxygen atoms in total. The second kappa shape index (κ2) is 6.63. The average molecular weight is 289 g/mol. The fourth-order valence-electron chi connectivity index (χ4n) is 1.87. The van der Waals surface area contributed by atoms with Crippen LogP contribution < -0.4 is 11.1 Å². The summed E-state index contributed by atoms with van der Waals surface area (Å²) >= 11 is 1.62. The summed E-state index contributed by atoms with van der Waals surface area (Å²) in [5.74, 6) is -0.152. The first kappa shape index (κ1) is 14.7. The molecule has 106 valence electrons. The maximum absolute atomic E-state index is 12.0. The Morgan fingerprint density at radius 1 is 1.35 bits per heavy atom. The third-order valence-corrected chi connectivity index (χ3v) is 3.89. The number of aryl methyl sites for hydroxylation is 2. The number of thiazole rings is 1. The number of amides is 1. The van der Waals surface area contributed by atoms with Gasteiger partial charge in [-0.15, -0.1) is 11.3 Å². The Morgan fingerprint density at radius 3 is 2.65 bits per heavy atom. The van der Waals surface area contributed by atoms with Crippen LogP contribution in [0.3, 0.4) is 0 Å². The number of benzene rings is 1. The quantitative estimate of drug-likeness (QED) is 0.886. The summed E-state index contributed by atoms with van der Waals surface area (Å²) in [4.78, 5) is 16.3. The highest BCUT2D eigenvalue weighted by Crippen LogP contribution is 2.12. The van der Waals surface area contributed by atoms with Gasteiger partial charge < -0.3 is 11.1 Å². The smallest absolute Gasteiger partial charge is 0.241 e. The van der Waals surface area contributed by atoms with Gasteiger partial charge >= 0.3 is 0 Å². The third kappa shape index (κ3) is 3.88. The van der Waals surface area contributed by atoms with Crippen LogP contribution in [0.1, 0.15) is 27.9 Å². The molecule has 0 saturated heterocycles. The molecule has 0 saturated carbocycles. The highest BCUT2D eigenvalue weighted by Gasteiger charge is 2.14. The number of nitrogens with one attached hydrogen (secondary N) is 1. The van der Waals surface area contributed by atoms with Crippen LogP contribution in [0.2, 0.25) is 0 Å². The maximum atomic E-state index is 12.0. The lowest BCUT2D eigenvalue weighted by Crippen LogP contribution is -2.35. The Balaban J connectivity index is 1.83. The van der Waals surface area contributed by atoms with Crippen LogP contribution in [-0.4, -0.2) is 17.4 Å². The standard InChI is InChI=1S/C15H19N3OS/c1-10-3-5-12(6-4-10)14(16)15(19)17-8-7-13-9-20-11(2)18-13/h3-6,9,14H,7-8,16H2,1-2H3,(H,17,19). The first-order chi connectivity index (χ1) is 9.56. The van der Waals surface area contributed by atoms with Gasteiger partial charge in [-0.05, 0) is 19.4 Å². The topological polar surface area (TPSA) is 68.0 Å². The largest absolute Gasteiger partial charge is 0.354 e. The molecule has 1 amide bonds. The zero-order valence-corrected chi connectivity index (χ0v) is 12.5. The summed E-state index contributed by atoms with van der Waals surface area (Å²) < 4.78 is 0. The SMILES string of the molecule is Cc1ccc(C(N)C(=O)NCCc2csc(C)n2)cc1. The molecular formula is C15H19N3OS. The Kier molecular flexibility index (Phi) is 4.87. The Bertz CT molecular complexity index is 577. The minimum absolute atomic E-state index is 0.152. The molecule has 20 heavy (non-hydrogen) atoms. The van der Waals surface area contributed by atoms with E-state index >= 15 is 0 Å². The number of carbonyl (C=O) groups excluding carboxylic acids is 1. The molecule has 1 heterocycles. The van der Waals surface area contributed by atoms with Crippen LogP contribution in [0, 0.1) is 13.8 Å². The normalized spacial score (nSPS) is 12.2. The predicted molar refractivity (Wildman–Crippen MR) is 81.7 cm³/mol. The second-order valence-electron chi connectivity index (χ2n) is 4.79. The van der Waals surface area contributed by atoms with Crippen LogP contribution >= 0.6 is 11.3 Å². The van der Waals surface area contributed by atoms with Gasteiger partial charge in [-0.2, -0.15) is 0 Å². The molecule has 0 aliphatic heterocycles. The predicted octanol–water partition coefficient (Wildman–Crippen LogP) is 2.12. The number of aromatic nitrogens is 1. The highest BCUT2D eigenvalue weighted by atomic mass is 32.1. The van der Waals surface area contributed by atoms with Gasteiger partial charge in [-0.1, -0.05) is 29.8 Å². The molecule has 2 aromatic rings. The molecule has 1 atom stereocenters. The molecule has 5 heteroatoms. The fraction of sp³-hybridized carbons (Fsp3) is 0.333. The van der Waals surface area contributed by atoms with Crippen molar-refractivity contribution >= 4 is 17.2 Å². The van der Waals surface area contributed by atoms with Gasteiger partial charge in [-0.3, -0.25) is 4.79 Å². The first-order valence-electron chi connectivity index (χ1n) is 6.57. The fourth-order valence-corrected chi connectivity index (χ4v) is 2.52. The Labute approximate surface area is 123 Å². The lowest BCUT2D eigenvalue weighted by atomic mass is 10.1. The van der Waals surface area contributed by atoms with Gasteiger partial charge in [0.15, 0.2) is 0 Å². The number of rotatable bonds is 5. The van der Waals surface area contributed by atoms with Gasteiger partial charge in [-0.25, -0.2) is 4.98 Å². The summed E-state index contributed by atoms with van der Waals surface area (Å²) in [6.45, 7) is 4.53. The molecule has 0 fully saturated rings. The zero-order chi connectivity index (χ0) is 14.5. The van der Waals surface area contributed by atoms with Gasteiger partial charge in [0, 0.05) is 18.3 Å². The average Bonchev–Trinajstić information content (AvgIpc) is 2.84. The Morgan fingerprint density at radius 2 is 2.05 bits per heavy atom. The molecular weight excluding hydrogens is 270 g/mol. The molecule has 1 unspecified atom stereocenters. The van der Waals surface area contributed by atoms with Crippen molar-refractivity contribution in [2.24, 2.45) is 5.73 Å². The van der Waals surface area contributed by atoms with E-state index in [1.165, 1.54) is 0 Å². The van der Waals surface area contributed by atoms with Crippen molar-refractivity contribution in [3.05, 3.63) is 51.5 Å². The summed E-state index contributed by atoms with van der Waals surface area (Å²) in [7, 11) is 0. The van der Waals surface area contributed by atoms with E-state index in [9.17, 15) is 4.79 Å². The molecule has 0 aliphatic carbocycles. The minimum Gasteiger partial charge on any atom is -0.354 e. The number of hydrogen-bond acceptors (Lipinski definition) is 4. The van der Waals surface area contributed by atoms with Crippen LogP contribution in [0.15, 0.2) is 29.6 Å². The second-order valence-corrected chi connectivity index (χ2v) is 5.85. The first-order valence-corrected chi connectivity index (χ1v) is 7.45.